The van der Waals surface area contributed by atoms with Gasteiger partial charge in [-0.2, -0.15) is 0 Å². The van der Waals surface area contributed by atoms with E-state index in [1.165, 1.54) is 25.7 Å². The first-order chi connectivity index (χ1) is 9.31. The molecule has 1 saturated carbocycles. The summed E-state index contributed by atoms with van der Waals surface area (Å²) in [5, 5.41) is 9.73. The van der Waals surface area contributed by atoms with Crippen LogP contribution in [0.5, 0.6) is 0 Å². The second-order valence-electron chi connectivity index (χ2n) is 5.64. The van der Waals surface area contributed by atoms with Gasteiger partial charge in [-0.25, -0.2) is 0 Å². The molecule has 3 atom stereocenters. The van der Waals surface area contributed by atoms with Gasteiger partial charge in [0.05, 0.1) is 12.6 Å². The summed E-state index contributed by atoms with van der Waals surface area (Å²) >= 11 is 0. The van der Waals surface area contributed by atoms with Gasteiger partial charge in [0.25, 0.3) is 0 Å². The molecule has 3 N–H and O–H groups in total. The van der Waals surface area contributed by atoms with E-state index in [1.807, 2.05) is 0 Å². The van der Waals surface area contributed by atoms with Gasteiger partial charge < -0.3 is 20.7 Å². The molecule has 0 bridgehead atoms. The Balaban J connectivity index is 1.59. The molecule has 5 heteroatoms. The van der Waals surface area contributed by atoms with Crippen LogP contribution in [0, 0.1) is 5.92 Å². The largest absolute Gasteiger partial charge is 0.383 e. The van der Waals surface area contributed by atoms with Crippen LogP contribution in [-0.2, 0) is 9.53 Å². The second-order valence-corrected chi connectivity index (χ2v) is 5.64. The molecule has 1 aliphatic carbocycles. The molecular formula is C14H27N3O2. The molecule has 0 radical (unpaired) electrons. The predicted octanol–water partition coefficient (Wildman–Crippen LogP) is 0.259. The van der Waals surface area contributed by atoms with Crippen molar-refractivity contribution in [1.29, 1.82) is 0 Å². The fourth-order valence-electron chi connectivity index (χ4n) is 3.22. The molecule has 2 aliphatic rings. The summed E-state index contributed by atoms with van der Waals surface area (Å²) < 4.78 is 4.95. The minimum Gasteiger partial charge on any atom is -0.383 e. The number of hydrogen-bond acceptors (Lipinski definition) is 4. The fourth-order valence-corrected chi connectivity index (χ4v) is 3.22. The van der Waals surface area contributed by atoms with Crippen LogP contribution in [-0.4, -0.2) is 51.3 Å². The monoisotopic (exact) mass is 269 g/mol. The molecule has 0 aromatic heterocycles. The molecule has 2 rings (SSSR count). The molecule has 0 aromatic carbocycles. The van der Waals surface area contributed by atoms with Gasteiger partial charge in [0.1, 0.15) is 0 Å². The van der Waals surface area contributed by atoms with Gasteiger partial charge in [0.2, 0.25) is 5.91 Å². The minimum atomic E-state index is 0.0343. The molecule has 1 saturated heterocycles. The smallest absolute Gasteiger partial charge is 0.237 e. The zero-order chi connectivity index (χ0) is 13.5. The maximum Gasteiger partial charge on any atom is 0.237 e. The maximum absolute atomic E-state index is 12.1. The van der Waals surface area contributed by atoms with Crippen molar-refractivity contribution in [2.75, 3.05) is 33.4 Å². The first-order valence-electron chi connectivity index (χ1n) is 7.54. The second kappa shape index (κ2) is 7.82. The lowest BCUT2D eigenvalue weighted by Crippen LogP contribution is -2.45. The number of ether oxygens (including phenoxy) is 1. The highest BCUT2D eigenvalue weighted by Gasteiger charge is 2.37. The highest BCUT2D eigenvalue weighted by atomic mass is 16.5. The predicted molar refractivity (Wildman–Crippen MR) is 75.0 cm³/mol. The molecule has 1 heterocycles. The average molecular weight is 269 g/mol. The quantitative estimate of drug-likeness (QED) is 0.580. The maximum atomic E-state index is 12.1. The van der Waals surface area contributed by atoms with Crippen molar-refractivity contribution in [3.8, 4) is 0 Å². The molecule has 0 spiro atoms. The first-order valence-corrected chi connectivity index (χ1v) is 7.54. The van der Waals surface area contributed by atoms with Gasteiger partial charge >= 0.3 is 0 Å². The molecule has 2 fully saturated rings. The molecule has 19 heavy (non-hydrogen) atoms. The summed E-state index contributed by atoms with van der Waals surface area (Å²) in [5.74, 6) is 0.896. The lowest BCUT2D eigenvalue weighted by atomic mass is 9.85. The standard InChI is InChI=1S/C14H27N3O2/c1-19-9-8-15-6-7-16-14(18)13-10-11-4-2-3-5-12(11)17-13/h11-13,15,17H,2-10H2,1H3,(H,16,18). The van der Waals surface area contributed by atoms with Gasteiger partial charge in [-0.1, -0.05) is 12.8 Å². The van der Waals surface area contributed by atoms with E-state index in [4.69, 9.17) is 4.74 Å². The Morgan fingerprint density at radius 3 is 2.89 bits per heavy atom. The van der Waals surface area contributed by atoms with E-state index < -0.39 is 0 Å². The average Bonchev–Trinajstić information content (AvgIpc) is 2.86. The van der Waals surface area contributed by atoms with Crippen LogP contribution >= 0.6 is 0 Å². The molecule has 3 unspecified atom stereocenters. The van der Waals surface area contributed by atoms with E-state index in [0.717, 1.165) is 25.4 Å². The Labute approximate surface area is 115 Å². The van der Waals surface area contributed by atoms with Crippen molar-refractivity contribution in [3.05, 3.63) is 0 Å². The summed E-state index contributed by atoms with van der Waals surface area (Å²) in [6, 6.07) is 0.622. The number of methoxy groups -OCH3 is 1. The highest BCUT2D eigenvalue weighted by molar-refractivity contribution is 5.82. The van der Waals surface area contributed by atoms with Crippen molar-refractivity contribution >= 4 is 5.91 Å². The Kier molecular flexibility index (Phi) is 6.07. The SMILES string of the molecule is COCCNCCNC(=O)C1CC2CCCCC2N1. The molecule has 0 aromatic rings. The van der Waals surface area contributed by atoms with Crippen molar-refractivity contribution < 1.29 is 9.53 Å². The molecular weight excluding hydrogens is 242 g/mol. The highest BCUT2D eigenvalue weighted by Crippen LogP contribution is 2.33. The lowest BCUT2D eigenvalue weighted by Gasteiger charge is -2.24. The molecule has 110 valence electrons. The van der Waals surface area contributed by atoms with E-state index in [-0.39, 0.29) is 11.9 Å². The van der Waals surface area contributed by atoms with E-state index in [2.05, 4.69) is 16.0 Å². The van der Waals surface area contributed by atoms with Gasteiger partial charge in [0.15, 0.2) is 0 Å². The number of rotatable bonds is 7. The number of hydrogen-bond donors (Lipinski definition) is 3. The Morgan fingerprint density at radius 2 is 2.11 bits per heavy atom. The van der Waals surface area contributed by atoms with Gasteiger partial charge in [-0.3, -0.25) is 4.79 Å². The number of carbonyl (C=O) groups excluding carboxylic acids is 1. The Bertz CT molecular complexity index is 272. The van der Waals surface area contributed by atoms with Crippen molar-refractivity contribution in [1.82, 2.24) is 16.0 Å². The summed E-state index contributed by atoms with van der Waals surface area (Å²) in [7, 11) is 1.69. The fraction of sp³-hybridized carbons (Fsp3) is 0.929. The van der Waals surface area contributed by atoms with Crippen LogP contribution in [0.1, 0.15) is 32.1 Å². The Morgan fingerprint density at radius 1 is 1.26 bits per heavy atom. The van der Waals surface area contributed by atoms with Crippen molar-refractivity contribution in [2.45, 2.75) is 44.2 Å². The van der Waals surface area contributed by atoms with E-state index >= 15 is 0 Å². The van der Waals surface area contributed by atoms with E-state index in [9.17, 15) is 4.79 Å². The van der Waals surface area contributed by atoms with E-state index in [1.54, 1.807) is 7.11 Å². The number of carbonyl (C=O) groups is 1. The van der Waals surface area contributed by atoms with Crippen LogP contribution < -0.4 is 16.0 Å². The van der Waals surface area contributed by atoms with Gasteiger partial charge in [-0.05, 0) is 25.2 Å². The number of amides is 1. The van der Waals surface area contributed by atoms with Crippen LogP contribution in [0.3, 0.4) is 0 Å². The normalized spacial score (nSPS) is 30.1. The van der Waals surface area contributed by atoms with Crippen LogP contribution in [0.15, 0.2) is 0 Å². The third kappa shape index (κ3) is 4.44. The first kappa shape index (κ1) is 14.8. The summed E-state index contributed by atoms with van der Waals surface area (Å²) in [6.07, 6.45) is 6.20. The molecule has 5 nitrogen and oxygen atoms in total. The van der Waals surface area contributed by atoms with Gasteiger partial charge in [-0.15, -0.1) is 0 Å². The van der Waals surface area contributed by atoms with Crippen LogP contribution in [0.2, 0.25) is 0 Å². The van der Waals surface area contributed by atoms with Crippen molar-refractivity contribution in [2.24, 2.45) is 5.92 Å². The third-order valence-corrected chi connectivity index (χ3v) is 4.26. The summed E-state index contributed by atoms with van der Waals surface area (Å²) in [4.78, 5) is 12.1. The third-order valence-electron chi connectivity index (χ3n) is 4.26. The topological polar surface area (TPSA) is 62.4 Å². The molecule has 1 amide bonds. The summed E-state index contributed by atoms with van der Waals surface area (Å²) in [6.45, 7) is 3.03. The van der Waals surface area contributed by atoms with E-state index in [0.29, 0.717) is 19.2 Å². The zero-order valence-corrected chi connectivity index (χ0v) is 11.9. The Hall–Kier alpha value is -0.650. The lowest BCUT2D eigenvalue weighted by molar-refractivity contribution is -0.122. The molecule has 1 aliphatic heterocycles. The van der Waals surface area contributed by atoms with Crippen LogP contribution in [0.4, 0.5) is 0 Å². The van der Waals surface area contributed by atoms with Crippen molar-refractivity contribution in [3.63, 3.8) is 0 Å². The summed E-state index contributed by atoms with van der Waals surface area (Å²) in [5.41, 5.74) is 0. The number of nitrogens with one attached hydrogen (secondary N) is 3. The number of fused-ring (bicyclic) bond motifs is 1. The van der Waals surface area contributed by atoms with Gasteiger partial charge in [0, 0.05) is 32.8 Å². The minimum absolute atomic E-state index is 0.0343. The van der Waals surface area contributed by atoms with Crippen LogP contribution in [0.25, 0.3) is 0 Å². The zero-order valence-electron chi connectivity index (χ0n) is 11.9.